The first kappa shape index (κ1) is 26.3. The number of nitrogens with one attached hydrogen (secondary N) is 2. The Kier molecular flexibility index (Phi) is 14.0. The maximum atomic E-state index is 12.1. The molecule has 1 rings (SSSR count). The predicted molar refractivity (Wildman–Crippen MR) is 128 cm³/mol. The maximum absolute atomic E-state index is 12.1. The maximum Gasteiger partial charge on any atom is 0.191 e. The fourth-order valence-corrected chi connectivity index (χ4v) is 3.15. The number of aliphatic imine (C=N–C) groups is 1. The van der Waals surface area contributed by atoms with Crippen LogP contribution in [0.15, 0.2) is 35.3 Å². The minimum Gasteiger partial charge on any atom is -0.374 e. The highest BCUT2D eigenvalue weighted by molar-refractivity contribution is 14.0. The van der Waals surface area contributed by atoms with Gasteiger partial charge in [-0.05, 0) is 46.6 Å². The first-order chi connectivity index (χ1) is 12.3. The Hall–Kier alpha value is -0.670. The molecule has 0 saturated heterocycles. The van der Waals surface area contributed by atoms with Gasteiger partial charge in [-0.15, -0.1) is 24.0 Å². The van der Waals surface area contributed by atoms with E-state index in [0.717, 1.165) is 18.9 Å². The number of rotatable bonds is 10. The van der Waals surface area contributed by atoms with Gasteiger partial charge in [0.05, 0.1) is 6.10 Å². The summed E-state index contributed by atoms with van der Waals surface area (Å²) in [6.45, 7) is 12.9. The number of benzene rings is 1. The van der Waals surface area contributed by atoms with Crippen LogP contribution in [0, 0.1) is 0 Å². The van der Waals surface area contributed by atoms with Gasteiger partial charge in [-0.1, -0.05) is 30.3 Å². The lowest BCUT2D eigenvalue weighted by Gasteiger charge is -2.18. The van der Waals surface area contributed by atoms with E-state index >= 15 is 0 Å². The average Bonchev–Trinajstić information content (AvgIpc) is 2.61. The predicted octanol–water partition coefficient (Wildman–Crippen LogP) is 3.87. The number of hydrogen-bond donors (Lipinski definition) is 2. The fraction of sp³-hybridized carbons (Fsp3) is 0.650. The van der Waals surface area contributed by atoms with Crippen LogP contribution in [0.5, 0.6) is 0 Å². The molecule has 0 aliphatic rings. The summed E-state index contributed by atoms with van der Waals surface area (Å²) >= 11 is 0. The Bertz CT molecular complexity index is 562. The Labute approximate surface area is 184 Å². The van der Waals surface area contributed by atoms with Gasteiger partial charge in [0.25, 0.3) is 0 Å². The number of ether oxygens (including phenoxy) is 1. The van der Waals surface area contributed by atoms with Gasteiger partial charge in [-0.25, -0.2) is 0 Å². The minimum absolute atomic E-state index is 0. The zero-order chi connectivity index (χ0) is 19.4. The second-order valence-electron chi connectivity index (χ2n) is 7.13. The smallest absolute Gasteiger partial charge is 0.191 e. The number of nitrogens with zero attached hydrogens (tertiary/aromatic N) is 1. The fourth-order valence-electron chi connectivity index (χ4n) is 2.25. The highest BCUT2D eigenvalue weighted by Crippen LogP contribution is 2.15. The molecule has 0 aliphatic heterocycles. The molecule has 1 aromatic carbocycles. The minimum atomic E-state index is -0.855. The molecule has 0 fully saturated rings. The van der Waals surface area contributed by atoms with Gasteiger partial charge in [-0.3, -0.25) is 9.20 Å². The van der Waals surface area contributed by atoms with E-state index in [2.05, 4.69) is 34.7 Å². The van der Waals surface area contributed by atoms with E-state index in [1.807, 2.05) is 45.9 Å². The van der Waals surface area contributed by atoms with E-state index in [0.29, 0.717) is 25.4 Å². The van der Waals surface area contributed by atoms with Crippen molar-refractivity contribution in [1.82, 2.24) is 10.6 Å². The summed E-state index contributed by atoms with van der Waals surface area (Å²) in [6.07, 6.45) is 0.959. The van der Waals surface area contributed by atoms with E-state index < -0.39 is 10.8 Å². The number of hydrogen-bond acceptors (Lipinski definition) is 3. The molecule has 156 valence electrons. The summed E-state index contributed by atoms with van der Waals surface area (Å²) in [6, 6.07) is 10.2. The lowest BCUT2D eigenvalue weighted by molar-refractivity contribution is 0.0652. The van der Waals surface area contributed by atoms with Crippen molar-refractivity contribution in [1.29, 1.82) is 0 Å². The molecule has 27 heavy (non-hydrogen) atoms. The van der Waals surface area contributed by atoms with Crippen molar-refractivity contribution in [3.63, 3.8) is 0 Å². The molecule has 0 amide bonds. The molecule has 0 aromatic heterocycles. The zero-order valence-electron chi connectivity index (χ0n) is 17.3. The second-order valence-corrected chi connectivity index (χ2v) is 9.45. The largest absolute Gasteiger partial charge is 0.374 e. The van der Waals surface area contributed by atoms with Crippen LogP contribution in [-0.2, 0) is 15.5 Å². The second kappa shape index (κ2) is 14.3. The first-order valence-electron chi connectivity index (χ1n) is 9.41. The number of halogens is 1. The molecule has 0 aliphatic carbocycles. The van der Waals surface area contributed by atoms with Gasteiger partial charge in [-0.2, -0.15) is 0 Å². The van der Waals surface area contributed by atoms with Crippen molar-refractivity contribution in [3.05, 3.63) is 35.9 Å². The summed E-state index contributed by atoms with van der Waals surface area (Å²) in [7, 11) is -0.855. The lowest BCUT2D eigenvalue weighted by Crippen LogP contribution is -2.40. The van der Waals surface area contributed by atoms with Crippen molar-refractivity contribution >= 4 is 40.7 Å². The van der Waals surface area contributed by atoms with E-state index in [4.69, 9.17) is 4.74 Å². The standard InChI is InChI=1S/C20H35N3O2S.HI/c1-6-21-19(23-14-16-26(24)20(3,4)5)22-13-10-15-25-17(2)18-11-8-7-9-12-18;/h7-9,11-12,17H,6,10,13-16H2,1-5H3,(H2,21,22,23);1H. The van der Waals surface area contributed by atoms with E-state index in [-0.39, 0.29) is 34.8 Å². The highest BCUT2D eigenvalue weighted by Gasteiger charge is 2.18. The Morgan fingerprint density at radius 1 is 1.22 bits per heavy atom. The van der Waals surface area contributed by atoms with Crippen LogP contribution in [0.25, 0.3) is 0 Å². The van der Waals surface area contributed by atoms with Crippen molar-refractivity contribution in [3.8, 4) is 0 Å². The van der Waals surface area contributed by atoms with Gasteiger partial charge >= 0.3 is 0 Å². The van der Waals surface area contributed by atoms with Gasteiger partial charge < -0.3 is 15.4 Å². The molecular weight excluding hydrogens is 473 g/mol. The van der Waals surface area contributed by atoms with Crippen LogP contribution in [0.1, 0.15) is 52.7 Å². The summed E-state index contributed by atoms with van der Waals surface area (Å²) in [5, 5.41) is 6.47. The van der Waals surface area contributed by atoms with Gasteiger partial charge in [0, 0.05) is 47.5 Å². The molecule has 5 nitrogen and oxygen atoms in total. The van der Waals surface area contributed by atoms with Gasteiger partial charge in [0.2, 0.25) is 0 Å². The molecule has 2 unspecified atom stereocenters. The van der Waals surface area contributed by atoms with Crippen molar-refractivity contribution < 1.29 is 8.95 Å². The quantitative estimate of drug-likeness (QED) is 0.218. The van der Waals surface area contributed by atoms with E-state index in [1.54, 1.807) is 0 Å². The molecule has 2 N–H and O–H groups in total. The van der Waals surface area contributed by atoms with Crippen LogP contribution in [0.4, 0.5) is 0 Å². The van der Waals surface area contributed by atoms with Gasteiger partial charge in [0.15, 0.2) is 5.96 Å². The molecule has 0 saturated carbocycles. The molecule has 0 radical (unpaired) electrons. The summed E-state index contributed by atoms with van der Waals surface area (Å²) < 4.78 is 17.8. The summed E-state index contributed by atoms with van der Waals surface area (Å²) in [5.74, 6) is 1.39. The van der Waals surface area contributed by atoms with E-state index in [9.17, 15) is 4.21 Å². The molecule has 1 aromatic rings. The SMILES string of the molecule is CCNC(=NCCCOC(C)c1ccccc1)NCCS(=O)C(C)(C)C.I. The molecule has 7 heteroatoms. The molecule has 0 heterocycles. The third kappa shape index (κ3) is 11.7. The normalized spacial score (nSPS) is 14.2. The third-order valence-electron chi connectivity index (χ3n) is 3.82. The molecular formula is C20H36IN3O2S. The average molecular weight is 509 g/mol. The molecule has 0 bridgehead atoms. The van der Waals surface area contributed by atoms with E-state index in [1.165, 1.54) is 5.56 Å². The van der Waals surface area contributed by atoms with Crippen LogP contribution < -0.4 is 10.6 Å². The Balaban J connectivity index is 0.00000676. The lowest BCUT2D eigenvalue weighted by atomic mass is 10.1. The topological polar surface area (TPSA) is 62.7 Å². The summed E-state index contributed by atoms with van der Waals surface area (Å²) in [5.41, 5.74) is 1.19. The first-order valence-corrected chi connectivity index (χ1v) is 10.7. The van der Waals surface area contributed by atoms with Crippen molar-refractivity contribution in [2.24, 2.45) is 4.99 Å². The highest BCUT2D eigenvalue weighted by atomic mass is 127. The van der Waals surface area contributed by atoms with Crippen LogP contribution in [0.3, 0.4) is 0 Å². The monoisotopic (exact) mass is 509 g/mol. The third-order valence-corrected chi connectivity index (χ3v) is 5.76. The van der Waals surface area contributed by atoms with Gasteiger partial charge in [0.1, 0.15) is 0 Å². The van der Waals surface area contributed by atoms with Crippen LogP contribution >= 0.6 is 24.0 Å². The summed E-state index contributed by atoms with van der Waals surface area (Å²) in [4.78, 5) is 4.56. The Morgan fingerprint density at radius 2 is 1.89 bits per heavy atom. The van der Waals surface area contributed by atoms with Crippen molar-refractivity contribution in [2.75, 3.05) is 32.0 Å². The van der Waals surface area contributed by atoms with Crippen molar-refractivity contribution in [2.45, 2.75) is 51.9 Å². The van der Waals surface area contributed by atoms with Crippen LogP contribution in [0.2, 0.25) is 0 Å². The molecule has 0 spiro atoms. The van der Waals surface area contributed by atoms with Crippen LogP contribution in [-0.4, -0.2) is 46.9 Å². The Morgan fingerprint density at radius 3 is 2.48 bits per heavy atom. The number of guanidine groups is 1. The zero-order valence-corrected chi connectivity index (χ0v) is 20.4. The molecule has 2 atom stereocenters.